The van der Waals surface area contributed by atoms with Gasteiger partial charge < -0.3 is 9.80 Å². The van der Waals surface area contributed by atoms with Gasteiger partial charge in [0.1, 0.15) is 0 Å². The summed E-state index contributed by atoms with van der Waals surface area (Å²) in [5.41, 5.74) is 4.61. The molecule has 0 saturated heterocycles. The van der Waals surface area contributed by atoms with E-state index in [-0.39, 0.29) is 0 Å². The molecule has 2 heteroatoms. The third kappa shape index (κ3) is 5.37. The summed E-state index contributed by atoms with van der Waals surface area (Å²) in [6.45, 7) is 18.8. The third-order valence-electron chi connectivity index (χ3n) is 4.35. The van der Waals surface area contributed by atoms with Crippen molar-refractivity contribution in [3.63, 3.8) is 0 Å². The van der Waals surface area contributed by atoms with E-state index in [0.717, 1.165) is 48.7 Å². The Labute approximate surface area is 170 Å². The lowest BCUT2D eigenvalue weighted by molar-refractivity contribution is 0.454. The molecule has 144 valence electrons. The summed E-state index contributed by atoms with van der Waals surface area (Å²) in [6.07, 6.45) is 7.72. The van der Waals surface area contributed by atoms with Crippen LogP contribution in [0.25, 0.3) is 11.4 Å². The molecule has 2 nitrogen and oxygen atoms in total. The van der Waals surface area contributed by atoms with Crippen molar-refractivity contribution in [2.24, 2.45) is 0 Å². The van der Waals surface area contributed by atoms with E-state index in [1.807, 2.05) is 36.4 Å². The summed E-state index contributed by atoms with van der Waals surface area (Å²) in [6, 6.07) is 21.0. The van der Waals surface area contributed by atoms with Crippen molar-refractivity contribution >= 4 is 11.4 Å². The molecule has 0 aliphatic carbocycles. The Hall–Kier alpha value is -3.26. The minimum atomic E-state index is 0.725. The Balaban J connectivity index is 2.84. The topological polar surface area (TPSA) is 6.48 Å². The number of rotatable bonds is 12. The molecule has 0 aliphatic rings. The van der Waals surface area contributed by atoms with Gasteiger partial charge in [-0.3, -0.25) is 0 Å². The van der Waals surface area contributed by atoms with Crippen molar-refractivity contribution in [1.29, 1.82) is 0 Å². The average Bonchev–Trinajstić information content (AvgIpc) is 2.73. The molecule has 0 bridgehead atoms. The molecule has 2 rings (SSSR count). The first-order valence-corrected chi connectivity index (χ1v) is 9.55. The molecule has 2 aromatic rings. The van der Waals surface area contributed by atoms with Crippen LogP contribution in [0.3, 0.4) is 0 Å². The largest absolute Gasteiger partial charge is 0.362 e. The van der Waals surface area contributed by atoms with Crippen LogP contribution in [0.2, 0.25) is 0 Å². The standard InChI is InChI=1S/C26H30N2/c1-5-19-27(20-6-2)25(23-15-11-9-12-16-23)26(24-17-13-10-14-18-24)28(21-7-3)22-8-4/h5-18H,1-4,19-22H2. The Morgan fingerprint density at radius 2 is 0.821 bits per heavy atom. The molecule has 0 fully saturated rings. The van der Waals surface area contributed by atoms with Crippen LogP contribution in [0.15, 0.2) is 111 Å². The van der Waals surface area contributed by atoms with Crippen LogP contribution >= 0.6 is 0 Å². The number of benzene rings is 2. The van der Waals surface area contributed by atoms with Gasteiger partial charge in [-0.25, -0.2) is 0 Å². The summed E-state index contributed by atoms with van der Waals surface area (Å²) in [5, 5.41) is 0. The lowest BCUT2D eigenvalue weighted by atomic mass is 10.0. The lowest BCUT2D eigenvalue weighted by Crippen LogP contribution is -2.30. The van der Waals surface area contributed by atoms with Gasteiger partial charge in [0.25, 0.3) is 0 Å². The highest BCUT2D eigenvalue weighted by Crippen LogP contribution is 2.32. The average molecular weight is 371 g/mol. The van der Waals surface area contributed by atoms with Crippen molar-refractivity contribution in [2.45, 2.75) is 0 Å². The quantitative estimate of drug-likeness (QED) is 0.341. The number of hydrogen-bond donors (Lipinski definition) is 0. The second-order valence-electron chi connectivity index (χ2n) is 6.39. The van der Waals surface area contributed by atoms with Gasteiger partial charge in [-0.1, -0.05) is 85.0 Å². The van der Waals surface area contributed by atoms with E-state index < -0.39 is 0 Å². The van der Waals surface area contributed by atoms with Gasteiger partial charge in [-0.15, -0.1) is 26.3 Å². The van der Waals surface area contributed by atoms with E-state index >= 15 is 0 Å². The summed E-state index contributed by atoms with van der Waals surface area (Å²) < 4.78 is 0. The van der Waals surface area contributed by atoms with E-state index in [4.69, 9.17) is 0 Å². The molecule has 0 unspecified atom stereocenters. The first-order valence-electron chi connectivity index (χ1n) is 9.55. The van der Waals surface area contributed by atoms with E-state index in [9.17, 15) is 0 Å². The van der Waals surface area contributed by atoms with Gasteiger partial charge >= 0.3 is 0 Å². The molecule has 0 aromatic heterocycles. The lowest BCUT2D eigenvalue weighted by Gasteiger charge is -2.34. The highest BCUT2D eigenvalue weighted by atomic mass is 15.2. The highest BCUT2D eigenvalue weighted by Gasteiger charge is 2.21. The number of nitrogens with zero attached hydrogens (tertiary/aromatic N) is 2. The summed E-state index contributed by atoms with van der Waals surface area (Å²) in [4.78, 5) is 4.60. The molecule has 0 aliphatic heterocycles. The molecule has 0 amide bonds. The van der Waals surface area contributed by atoms with Crippen LogP contribution < -0.4 is 0 Å². The Morgan fingerprint density at radius 3 is 1.07 bits per heavy atom. The Morgan fingerprint density at radius 1 is 0.536 bits per heavy atom. The zero-order valence-corrected chi connectivity index (χ0v) is 16.6. The molecule has 0 radical (unpaired) electrons. The second kappa shape index (κ2) is 11.5. The van der Waals surface area contributed by atoms with Gasteiger partial charge in [-0.2, -0.15) is 0 Å². The smallest absolute Gasteiger partial charge is 0.0689 e. The van der Waals surface area contributed by atoms with Gasteiger partial charge in [0.2, 0.25) is 0 Å². The van der Waals surface area contributed by atoms with Crippen LogP contribution in [0.5, 0.6) is 0 Å². The predicted octanol–water partition coefficient (Wildman–Crippen LogP) is 5.86. The van der Waals surface area contributed by atoms with Crippen LogP contribution in [0.1, 0.15) is 11.1 Å². The monoisotopic (exact) mass is 370 g/mol. The maximum Gasteiger partial charge on any atom is 0.0689 e. The maximum absolute atomic E-state index is 3.96. The van der Waals surface area contributed by atoms with Crippen LogP contribution in [-0.4, -0.2) is 36.0 Å². The normalized spacial score (nSPS) is 11.1. The van der Waals surface area contributed by atoms with Crippen molar-refractivity contribution in [3.8, 4) is 0 Å². The van der Waals surface area contributed by atoms with E-state index in [0.29, 0.717) is 0 Å². The van der Waals surface area contributed by atoms with Crippen molar-refractivity contribution in [2.75, 3.05) is 26.2 Å². The molecule has 0 heterocycles. The molecule has 0 atom stereocenters. The van der Waals surface area contributed by atoms with Gasteiger partial charge in [-0.05, 0) is 11.1 Å². The molecule has 0 N–H and O–H groups in total. The second-order valence-corrected chi connectivity index (χ2v) is 6.39. The Bertz CT molecular complexity index is 713. The van der Waals surface area contributed by atoms with Crippen LogP contribution in [0.4, 0.5) is 0 Å². The summed E-state index contributed by atoms with van der Waals surface area (Å²) in [5.74, 6) is 0. The fourth-order valence-corrected chi connectivity index (χ4v) is 3.27. The summed E-state index contributed by atoms with van der Waals surface area (Å²) >= 11 is 0. The molecular formula is C26H30N2. The molecule has 28 heavy (non-hydrogen) atoms. The van der Waals surface area contributed by atoms with E-state index in [1.54, 1.807) is 0 Å². The molecule has 0 spiro atoms. The van der Waals surface area contributed by atoms with Crippen LogP contribution in [0, 0.1) is 0 Å². The van der Waals surface area contributed by atoms with Gasteiger partial charge in [0, 0.05) is 26.2 Å². The fraction of sp³-hybridized carbons (Fsp3) is 0.154. The highest BCUT2D eigenvalue weighted by molar-refractivity contribution is 5.89. The SMILES string of the molecule is C=CCN(CC=C)C(=C(c1ccccc1)N(CC=C)CC=C)c1ccccc1. The van der Waals surface area contributed by atoms with E-state index in [1.165, 1.54) is 0 Å². The molecular weight excluding hydrogens is 340 g/mol. The first kappa shape index (κ1) is 21.0. The minimum Gasteiger partial charge on any atom is -0.362 e. The predicted molar refractivity (Wildman–Crippen MR) is 124 cm³/mol. The zero-order chi connectivity index (χ0) is 20.2. The van der Waals surface area contributed by atoms with Crippen LogP contribution in [-0.2, 0) is 0 Å². The van der Waals surface area contributed by atoms with Gasteiger partial charge in [0.05, 0.1) is 11.4 Å². The van der Waals surface area contributed by atoms with Gasteiger partial charge in [0.15, 0.2) is 0 Å². The maximum atomic E-state index is 3.96. The number of hydrogen-bond acceptors (Lipinski definition) is 2. The van der Waals surface area contributed by atoms with Crippen molar-refractivity contribution < 1.29 is 0 Å². The minimum absolute atomic E-state index is 0.725. The summed E-state index contributed by atoms with van der Waals surface area (Å²) in [7, 11) is 0. The fourth-order valence-electron chi connectivity index (χ4n) is 3.27. The van der Waals surface area contributed by atoms with Crippen molar-refractivity contribution in [1.82, 2.24) is 9.80 Å². The first-order chi connectivity index (χ1) is 13.8. The zero-order valence-electron chi connectivity index (χ0n) is 16.6. The molecule has 2 aromatic carbocycles. The molecule has 0 saturated carbocycles. The van der Waals surface area contributed by atoms with E-state index in [2.05, 4.69) is 84.6 Å². The Kier molecular flexibility index (Phi) is 8.61. The van der Waals surface area contributed by atoms with Crippen molar-refractivity contribution in [3.05, 3.63) is 122 Å². The third-order valence-corrected chi connectivity index (χ3v) is 4.35.